The molecule has 2 aromatic carbocycles. The fourth-order valence-electron chi connectivity index (χ4n) is 2.85. The second-order valence-corrected chi connectivity index (χ2v) is 6.41. The lowest BCUT2D eigenvalue weighted by atomic mass is 10.0. The van der Waals surface area contributed by atoms with Gasteiger partial charge in [-0.2, -0.15) is 0 Å². The van der Waals surface area contributed by atoms with E-state index in [2.05, 4.69) is 5.32 Å². The van der Waals surface area contributed by atoms with Crippen molar-refractivity contribution < 1.29 is 24.2 Å². The lowest BCUT2D eigenvalue weighted by molar-refractivity contribution is -0.142. The van der Waals surface area contributed by atoms with Gasteiger partial charge in [-0.3, -0.25) is 9.59 Å². The van der Waals surface area contributed by atoms with Crippen LogP contribution in [0.5, 0.6) is 5.75 Å². The maximum atomic E-state index is 12.2. The highest BCUT2D eigenvalue weighted by atomic mass is 16.5. The number of hydrogen-bond donors (Lipinski definition) is 2. The van der Waals surface area contributed by atoms with Gasteiger partial charge in [0.15, 0.2) is 11.8 Å². The molecule has 0 heterocycles. The van der Waals surface area contributed by atoms with Crippen molar-refractivity contribution in [1.82, 2.24) is 5.32 Å². The number of carbonyl (C=O) groups excluding carboxylic acids is 2. The van der Waals surface area contributed by atoms with Gasteiger partial charge in [0.1, 0.15) is 5.75 Å². The topological polar surface area (TPSA) is 92.7 Å². The molecule has 0 bridgehead atoms. The number of aliphatic carboxylic acids is 1. The van der Waals surface area contributed by atoms with Crippen molar-refractivity contribution in [1.29, 1.82) is 0 Å². The Labute approximate surface area is 158 Å². The molecule has 0 aromatic heterocycles. The van der Waals surface area contributed by atoms with Gasteiger partial charge < -0.3 is 15.2 Å². The van der Waals surface area contributed by atoms with Gasteiger partial charge in [-0.05, 0) is 43.7 Å². The number of methoxy groups -OCH3 is 1. The molecule has 0 saturated heterocycles. The number of amides is 1. The Balaban J connectivity index is 1.99. The van der Waals surface area contributed by atoms with Crippen LogP contribution in [0.3, 0.4) is 0 Å². The molecule has 0 aliphatic carbocycles. The normalized spacial score (nSPS) is 11.5. The molecular weight excluding hydrogens is 346 g/mol. The van der Waals surface area contributed by atoms with E-state index in [0.717, 1.165) is 11.1 Å². The highest BCUT2D eigenvalue weighted by Gasteiger charge is 2.23. The molecule has 0 aliphatic rings. The van der Waals surface area contributed by atoms with Gasteiger partial charge in [0, 0.05) is 18.4 Å². The Hall–Kier alpha value is -3.15. The smallest absolute Gasteiger partial charge is 0.330 e. The predicted molar refractivity (Wildman–Crippen MR) is 101 cm³/mol. The fraction of sp³-hybridized carbons (Fsp3) is 0.286. The Kier molecular flexibility index (Phi) is 6.71. The van der Waals surface area contributed by atoms with E-state index in [0.29, 0.717) is 16.9 Å². The van der Waals surface area contributed by atoms with Crippen LogP contribution in [-0.4, -0.2) is 29.9 Å². The monoisotopic (exact) mass is 369 g/mol. The number of ether oxygens (including phenoxy) is 1. The summed E-state index contributed by atoms with van der Waals surface area (Å²) >= 11 is 0. The number of nitrogens with one attached hydrogen (secondary N) is 1. The third-order valence-electron chi connectivity index (χ3n) is 4.12. The van der Waals surface area contributed by atoms with E-state index in [1.54, 1.807) is 36.4 Å². The number of carboxylic acids is 1. The Bertz CT molecular complexity index is 822. The number of benzene rings is 2. The van der Waals surface area contributed by atoms with E-state index in [-0.39, 0.29) is 18.6 Å². The minimum atomic E-state index is -1.15. The first-order valence-corrected chi connectivity index (χ1v) is 8.57. The summed E-state index contributed by atoms with van der Waals surface area (Å²) in [5.41, 5.74) is 2.82. The largest absolute Gasteiger partial charge is 0.497 e. The average molecular weight is 369 g/mol. The first kappa shape index (κ1) is 20.2. The summed E-state index contributed by atoms with van der Waals surface area (Å²) in [6.45, 7) is 3.73. The molecular formula is C21H23NO5. The van der Waals surface area contributed by atoms with Crippen LogP contribution >= 0.6 is 0 Å². The number of rotatable bonds is 8. The zero-order chi connectivity index (χ0) is 20.0. The fourth-order valence-corrected chi connectivity index (χ4v) is 2.85. The first-order chi connectivity index (χ1) is 12.8. The number of carboxylic acid groups (broad SMARTS) is 1. The van der Waals surface area contributed by atoms with Crippen molar-refractivity contribution in [2.45, 2.75) is 32.7 Å². The molecule has 6 heteroatoms. The third kappa shape index (κ3) is 5.67. The van der Waals surface area contributed by atoms with E-state index >= 15 is 0 Å². The summed E-state index contributed by atoms with van der Waals surface area (Å²) in [5.74, 6) is -1.17. The molecule has 1 amide bonds. The van der Waals surface area contributed by atoms with Gasteiger partial charge in [0.2, 0.25) is 5.91 Å². The van der Waals surface area contributed by atoms with E-state index in [1.807, 2.05) is 19.9 Å². The van der Waals surface area contributed by atoms with Crippen molar-refractivity contribution in [3.8, 4) is 5.75 Å². The lowest BCUT2D eigenvalue weighted by Crippen LogP contribution is -2.34. The van der Waals surface area contributed by atoms with Gasteiger partial charge in [-0.25, -0.2) is 4.79 Å². The van der Waals surface area contributed by atoms with Crippen molar-refractivity contribution in [2.24, 2.45) is 0 Å². The van der Waals surface area contributed by atoms with Crippen LogP contribution in [0.4, 0.5) is 0 Å². The lowest BCUT2D eigenvalue weighted by Gasteiger charge is -2.16. The molecule has 0 aliphatic heterocycles. The number of ketones is 1. The van der Waals surface area contributed by atoms with Crippen LogP contribution in [0, 0.1) is 13.8 Å². The molecule has 142 valence electrons. The van der Waals surface area contributed by atoms with E-state index in [1.165, 1.54) is 7.11 Å². The van der Waals surface area contributed by atoms with E-state index in [4.69, 9.17) is 4.74 Å². The minimum absolute atomic E-state index is 0.00263. The number of hydrogen-bond acceptors (Lipinski definition) is 4. The van der Waals surface area contributed by atoms with Gasteiger partial charge in [-0.1, -0.05) is 29.3 Å². The number of Topliss-reactive ketones (excluding diaryl/α,β-unsaturated/α-hetero) is 1. The molecule has 0 fully saturated rings. The molecule has 0 saturated carbocycles. The summed E-state index contributed by atoms with van der Waals surface area (Å²) in [7, 11) is 1.54. The van der Waals surface area contributed by atoms with Crippen LogP contribution in [-0.2, 0) is 9.59 Å². The highest BCUT2D eigenvalue weighted by Crippen LogP contribution is 2.18. The van der Waals surface area contributed by atoms with Crippen LogP contribution in [0.1, 0.15) is 45.9 Å². The third-order valence-corrected chi connectivity index (χ3v) is 4.12. The van der Waals surface area contributed by atoms with Crippen LogP contribution < -0.4 is 10.1 Å². The number of carbonyl (C=O) groups is 3. The molecule has 1 atom stereocenters. The average Bonchev–Trinajstić information content (AvgIpc) is 2.63. The maximum Gasteiger partial charge on any atom is 0.330 e. The van der Waals surface area contributed by atoms with Crippen LogP contribution in [0.2, 0.25) is 0 Å². The Morgan fingerprint density at radius 1 is 1.00 bits per heavy atom. The van der Waals surface area contributed by atoms with Gasteiger partial charge in [-0.15, -0.1) is 0 Å². The zero-order valence-corrected chi connectivity index (χ0v) is 15.6. The van der Waals surface area contributed by atoms with Crippen molar-refractivity contribution >= 4 is 17.7 Å². The van der Waals surface area contributed by atoms with E-state index in [9.17, 15) is 19.5 Å². The van der Waals surface area contributed by atoms with Gasteiger partial charge in [0.25, 0.3) is 0 Å². The van der Waals surface area contributed by atoms with Crippen LogP contribution in [0.15, 0.2) is 42.5 Å². The summed E-state index contributed by atoms with van der Waals surface area (Å²) in [5, 5.41) is 12.0. The predicted octanol–water partition coefficient (Wildman–Crippen LogP) is 3.22. The van der Waals surface area contributed by atoms with Crippen molar-refractivity contribution in [2.75, 3.05) is 7.11 Å². The standard InChI is InChI=1S/C21H23NO5/c1-13-10-14(2)12-16(11-13)20(21(25)26)22-19(24)9-8-18(23)15-4-6-17(27-3)7-5-15/h4-7,10-12,20H,8-9H2,1-3H3,(H,22,24)(H,25,26). The Morgan fingerprint density at radius 2 is 1.59 bits per heavy atom. The summed E-state index contributed by atoms with van der Waals surface area (Å²) in [4.78, 5) is 36.0. The highest BCUT2D eigenvalue weighted by molar-refractivity contribution is 5.98. The summed E-state index contributed by atoms with van der Waals surface area (Å²) < 4.78 is 5.04. The molecule has 2 N–H and O–H groups in total. The maximum absolute atomic E-state index is 12.2. The zero-order valence-electron chi connectivity index (χ0n) is 15.6. The van der Waals surface area contributed by atoms with Crippen molar-refractivity contribution in [3.05, 3.63) is 64.7 Å². The molecule has 0 spiro atoms. The van der Waals surface area contributed by atoms with Gasteiger partial charge >= 0.3 is 5.97 Å². The summed E-state index contributed by atoms with van der Waals surface area (Å²) in [6.07, 6.45) is -0.0865. The second-order valence-electron chi connectivity index (χ2n) is 6.41. The van der Waals surface area contributed by atoms with Crippen LogP contribution in [0.25, 0.3) is 0 Å². The molecule has 0 radical (unpaired) electrons. The molecule has 27 heavy (non-hydrogen) atoms. The molecule has 2 rings (SSSR count). The summed E-state index contributed by atoms with van der Waals surface area (Å²) in [6, 6.07) is 10.9. The second kappa shape index (κ2) is 8.98. The molecule has 1 unspecified atom stereocenters. The Morgan fingerprint density at radius 3 is 2.11 bits per heavy atom. The molecule has 6 nitrogen and oxygen atoms in total. The number of aryl methyl sites for hydroxylation is 2. The van der Waals surface area contributed by atoms with Crippen molar-refractivity contribution in [3.63, 3.8) is 0 Å². The minimum Gasteiger partial charge on any atom is -0.497 e. The van der Waals surface area contributed by atoms with Gasteiger partial charge in [0.05, 0.1) is 7.11 Å². The quantitative estimate of drug-likeness (QED) is 0.697. The SMILES string of the molecule is COc1ccc(C(=O)CCC(=O)NC(C(=O)O)c2cc(C)cc(C)c2)cc1. The molecule has 2 aromatic rings. The first-order valence-electron chi connectivity index (χ1n) is 8.57. The van der Waals surface area contributed by atoms with E-state index < -0.39 is 17.9 Å².